The summed E-state index contributed by atoms with van der Waals surface area (Å²) in [6.07, 6.45) is 5.48. The number of anilines is 1. The van der Waals surface area contributed by atoms with Crippen LogP contribution >= 0.6 is 0 Å². The Labute approximate surface area is 202 Å². The lowest BCUT2D eigenvalue weighted by molar-refractivity contribution is -0.138. The number of aliphatic carboxylic acids is 1. The molecule has 1 amide bonds. The largest absolute Gasteiger partial charge is 0.494 e. The van der Waals surface area contributed by atoms with E-state index in [9.17, 15) is 19.1 Å². The quantitative estimate of drug-likeness (QED) is 0.483. The van der Waals surface area contributed by atoms with Crippen molar-refractivity contribution in [2.45, 2.75) is 38.3 Å². The SMILES string of the molecule is COc1ccc([C@H](CC(=O)O)N(C)C(=O)c2cnn(CCc3ccc4c(n3)NCCC4)c2)cc1F. The Kier molecular flexibility index (Phi) is 7.28. The van der Waals surface area contributed by atoms with Crippen molar-refractivity contribution in [2.75, 3.05) is 26.0 Å². The lowest BCUT2D eigenvalue weighted by atomic mass is 10.0. The van der Waals surface area contributed by atoms with Gasteiger partial charge in [-0.05, 0) is 42.2 Å². The first-order chi connectivity index (χ1) is 16.9. The average molecular weight is 482 g/mol. The van der Waals surface area contributed by atoms with Crippen molar-refractivity contribution >= 4 is 17.7 Å². The normalized spacial score (nSPS) is 13.5. The zero-order valence-corrected chi connectivity index (χ0v) is 19.7. The fraction of sp³-hybridized carbons (Fsp3) is 0.360. The van der Waals surface area contributed by atoms with E-state index >= 15 is 0 Å². The third-order valence-corrected chi connectivity index (χ3v) is 6.15. The number of methoxy groups -OCH3 is 1. The number of carbonyl (C=O) groups excluding carboxylic acids is 1. The van der Waals surface area contributed by atoms with E-state index in [0.717, 1.165) is 30.9 Å². The van der Waals surface area contributed by atoms with E-state index < -0.39 is 23.7 Å². The van der Waals surface area contributed by atoms with E-state index in [2.05, 4.69) is 21.5 Å². The summed E-state index contributed by atoms with van der Waals surface area (Å²) in [7, 11) is 2.85. The number of carbonyl (C=O) groups is 2. The molecule has 2 aromatic heterocycles. The van der Waals surface area contributed by atoms with Crippen LogP contribution in [0, 0.1) is 5.82 Å². The zero-order chi connectivity index (χ0) is 24.9. The predicted octanol–water partition coefficient (Wildman–Crippen LogP) is 3.31. The number of carboxylic acids is 1. The number of carboxylic acid groups (broad SMARTS) is 1. The third-order valence-electron chi connectivity index (χ3n) is 6.15. The molecular formula is C25H28FN5O4. The molecule has 0 saturated heterocycles. The number of amides is 1. The molecule has 3 heterocycles. The molecular weight excluding hydrogens is 453 g/mol. The zero-order valence-electron chi connectivity index (χ0n) is 19.7. The summed E-state index contributed by atoms with van der Waals surface area (Å²) in [6, 6.07) is 7.42. The lowest BCUT2D eigenvalue weighted by Gasteiger charge is -2.27. The number of aromatic nitrogens is 3. The number of benzene rings is 1. The Hall–Kier alpha value is -3.95. The van der Waals surface area contributed by atoms with Gasteiger partial charge in [0.25, 0.3) is 5.91 Å². The molecule has 1 aliphatic heterocycles. The Morgan fingerprint density at radius 3 is 2.89 bits per heavy atom. The number of rotatable bonds is 9. The number of nitrogens with one attached hydrogen (secondary N) is 1. The lowest BCUT2D eigenvalue weighted by Crippen LogP contribution is -2.32. The maximum Gasteiger partial charge on any atom is 0.305 e. The summed E-state index contributed by atoms with van der Waals surface area (Å²) in [5.41, 5.74) is 2.84. The molecule has 10 heteroatoms. The number of hydrogen-bond acceptors (Lipinski definition) is 6. The molecule has 0 unspecified atom stereocenters. The standard InChI is InChI=1S/C25H28FN5O4/c1-30(21(13-23(32)33)17-6-8-22(35-2)20(26)12-17)25(34)18-14-28-31(15-18)11-9-19-7-5-16-4-3-10-27-24(16)29-19/h5-8,12,14-15,21H,3-4,9-11,13H2,1-2H3,(H,27,29)(H,32,33)/t21-/m0/s1. The monoisotopic (exact) mass is 481 g/mol. The van der Waals surface area contributed by atoms with E-state index in [1.807, 2.05) is 6.07 Å². The predicted molar refractivity (Wildman–Crippen MR) is 127 cm³/mol. The van der Waals surface area contributed by atoms with Gasteiger partial charge in [0.1, 0.15) is 5.82 Å². The number of hydrogen-bond donors (Lipinski definition) is 2. The highest BCUT2D eigenvalue weighted by Gasteiger charge is 2.27. The van der Waals surface area contributed by atoms with Gasteiger partial charge in [0.15, 0.2) is 11.6 Å². The second kappa shape index (κ2) is 10.5. The van der Waals surface area contributed by atoms with Crippen LogP contribution in [0.4, 0.5) is 10.2 Å². The van der Waals surface area contributed by atoms with Crippen molar-refractivity contribution in [1.29, 1.82) is 0 Å². The Balaban J connectivity index is 1.45. The second-order valence-electron chi connectivity index (χ2n) is 8.51. The van der Waals surface area contributed by atoms with Crippen molar-refractivity contribution in [2.24, 2.45) is 0 Å². The van der Waals surface area contributed by atoms with E-state index in [1.54, 1.807) is 16.9 Å². The first-order valence-electron chi connectivity index (χ1n) is 11.4. The highest BCUT2D eigenvalue weighted by Crippen LogP contribution is 2.28. The molecule has 0 fully saturated rings. The van der Waals surface area contributed by atoms with Crippen LogP contribution in [0.5, 0.6) is 5.75 Å². The number of aryl methyl sites for hydroxylation is 3. The molecule has 1 aliphatic rings. The minimum atomic E-state index is -1.10. The summed E-state index contributed by atoms with van der Waals surface area (Å²) in [5, 5.41) is 17.0. The molecule has 4 rings (SSSR count). The highest BCUT2D eigenvalue weighted by molar-refractivity contribution is 5.94. The van der Waals surface area contributed by atoms with Gasteiger partial charge in [0, 0.05) is 38.4 Å². The van der Waals surface area contributed by atoms with Gasteiger partial charge < -0.3 is 20.1 Å². The average Bonchev–Trinajstić information content (AvgIpc) is 3.34. The molecule has 2 N–H and O–H groups in total. The molecule has 0 bridgehead atoms. The van der Waals surface area contributed by atoms with E-state index in [4.69, 9.17) is 4.74 Å². The molecule has 0 spiro atoms. The van der Waals surface area contributed by atoms with Gasteiger partial charge in [-0.1, -0.05) is 12.1 Å². The number of fused-ring (bicyclic) bond motifs is 1. The number of halogens is 1. The second-order valence-corrected chi connectivity index (χ2v) is 8.51. The molecule has 184 valence electrons. The number of nitrogens with zero attached hydrogens (tertiary/aromatic N) is 4. The fourth-order valence-electron chi connectivity index (χ4n) is 4.21. The first-order valence-corrected chi connectivity index (χ1v) is 11.4. The van der Waals surface area contributed by atoms with Crippen molar-refractivity contribution in [1.82, 2.24) is 19.7 Å². The Bertz CT molecular complexity index is 1230. The summed E-state index contributed by atoms with van der Waals surface area (Å²) in [4.78, 5) is 30.6. The summed E-state index contributed by atoms with van der Waals surface area (Å²) >= 11 is 0. The van der Waals surface area contributed by atoms with Crippen LogP contribution < -0.4 is 10.1 Å². The van der Waals surface area contributed by atoms with Gasteiger partial charge in [-0.3, -0.25) is 14.3 Å². The molecule has 35 heavy (non-hydrogen) atoms. The van der Waals surface area contributed by atoms with Crippen molar-refractivity contribution < 1.29 is 23.8 Å². The van der Waals surface area contributed by atoms with Gasteiger partial charge in [-0.25, -0.2) is 9.37 Å². The van der Waals surface area contributed by atoms with Crippen LogP contribution in [-0.2, 0) is 24.2 Å². The Morgan fingerprint density at radius 1 is 1.31 bits per heavy atom. The molecule has 0 saturated carbocycles. The van der Waals surface area contributed by atoms with Crippen molar-refractivity contribution in [3.05, 3.63) is 70.9 Å². The molecule has 1 atom stereocenters. The summed E-state index contributed by atoms with van der Waals surface area (Å²) in [6.45, 7) is 1.46. The first kappa shape index (κ1) is 24.2. The number of pyridine rings is 1. The molecule has 0 aliphatic carbocycles. The van der Waals surface area contributed by atoms with Crippen LogP contribution in [0.15, 0.2) is 42.7 Å². The summed E-state index contributed by atoms with van der Waals surface area (Å²) < 4.78 is 20.9. The molecule has 9 nitrogen and oxygen atoms in total. The van der Waals surface area contributed by atoms with Crippen LogP contribution in [-0.4, -0.2) is 57.3 Å². The van der Waals surface area contributed by atoms with Crippen LogP contribution in [0.3, 0.4) is 0 Å². The molecule has 3 aromatic rings. The van der Waals surface area contributed by atoms with Crippen LogP contribution in [0.25, 0.3) is 0 Å². The van der Waals surface area contributed by atoms with Crippen molar-refractivity contribution in [3.8, 4) is 5.75 Å². The fourth-order valence-corrected chi connectivity index (χ4v) is 4.21. The minimum absolute atomic E-state index is 0.0438. The minimum Gasteiger partial charge on any atom is -0.494 e. The van der Waals surface area contributed by atoms with Crippen LogP contribution in [0.1, 0.15) is 46.1 Å². The van der Waals surface area contributed by atoms with E-state index in [1.165, 1.54) is 43.0 Å². The smallest absolute Gasteiger partial charge is 0.305 e. The molecule has 0 radical (unpaired) electrons. The van der Waals surface area contributed by atoms with Gasteiger partial charge in [-0.2, -0.15) is 5.10 Å². The van der Waals surface area contributed by atoms with Crippen molar-refractivity contribution in [3.63, 3.8) is 0 Å². The molecule has 1 aromatic carbocycles. The van der Waals surface area contributed by atoms with Crippen LogP contribution in [0.2, 0.25) is 0 Å². The van der Waals surface area contributed by atoms with E-state index in [-0.39, 0.29) is 12.2 Å². The number of ether oxygens (including phenoxy) is 1. The van der Waals surface area contributed by atoms with Gasteiger partial charge >= 0.3 is 5.97 Å². The highest BCUT2D eigenvalue weighted by atomic mass is 19.1. The summed E-state index contributed by atoms with van der Waals surface area (Å²) in [5.74, 6) is -1.16. The van der Waals surface area contributed by atoms with E-state index in [0.29, 0.717) is 24.1 Å². The topological polar surface area (TPSA) is 110 Å². The van der Waals surface area contributed by atoms with Gasteiger partial charge in [0.2, 0.25) is 0 Å². The third kappa shape index (κ3) is 5.59. The maximum atomic E-state index is 14.3. The van der Waals surface area contributed by atoms with Gasteiger partial charge in [0.05, 0.1) is 31.3 Å². The maximum absolute atomic E-state index is 14.3. The van der Waals surface area contributed by atoms with Gasteiger partial charge in [-0.15, -0.1) is 0 Å². The Morgan fingerprint density at radius 2 is 2.14 bits per heavy atom.